The molecule has 0 aliphatic carbocycles. The van der Waals surface area contributed by atoms with Crippen LogP contribution in [-0.2, 0) is 11.3 Å². The SMILES string of the molecule is CN(C)CCCn1ccnc1C1CCN(C(=O)[C@@H]2CCCN2)CC1. The van der Waals surface area contributed by atoms with Gasteiger partial charge in [0.2, 0.25) is 5.91 Å². The first-order chi connectivity index (χ1) is 11.6. The second-order valence-corrected chi connectivity index (χ2v) is 7.38. The number of likely N-dealkylation sites (tertiary alicyclic amines) is 1. The van der Waals surface area contributed by atoms with Crippen LogP contribution >= 0.6 is 0 Å². The Morgan fingerprint density at radius 2 is 2.12 bits per heavy atom. The molecule has 1 aromatic heterocycles. The summed E-state index contributed by atoms with van der Waals surface area (Å²) in [5.74, 6) is 2.00. The summed E-state index contributed by atoms with van der Waals surface area (Å²) < 4.78 is 2.31. The van der Waals surface area contributed by atoms with Crippen LogP contribution in [0.4, 0.5) is 0 Å². The lowest BCUT2D eigenvalue weighted by Gasteiger charge is -2.33. The fraction of sp³-hybridized carbons (Fsp3) is 0.778. The number of rotatable bonds is 6. The Bertz CT molecular complexity index is 527. The Morgan fingerprint density at radius 1 is 1.33 bits per heavy atom. The second kappa shape index (κ2) is 8.12. The van der Waals surface area contributed by atoms with Crippen molar-refractivity contribution in [1.29, 1.82) is 0 Å². The largest absolute Gasteiger partial charge is 0.341 e. The molecule has 134 valence electrons. The molecule has 0 saturated carbocycles. The van der Waals surface area contributed by atoms with Crippen molar-refractivity contribution in [3.8, 4) is 0 Å². The molecule has 0 unspecified atom stereocenters. The van der Waals surface area contributed by atoms with Gasteiger partial charge in [-0.05, 0) is 59.3 Å². The normalized spacial score (nSPS) is 22.5. The maximum atomic E-state index is 12.5. The minimum Gasteiger partial charge on any atom is -0.341 e. The van der Waals surface area contributed by atoms with E-state index in [-0.39, 0.29) is 6.04 Å². The van der Waals surface area contributed by atoms with Crippen molar-refractivity contribution in [3.63, 3.8) is 0 Å². The first-order valence-corrected chi connectivity index (χ1v) is 9.33. The standard InChI is InChI=1S/C18H31N5O/c1-21(2)10-4-11-22-14-9-20-17(22)15-6-12-23(13-7-15)18(24)16-5-3-8-19-16/h9,14-16,19H,3-8,10-13H2,1-2H3/t16-/m0/s1. The summed E-state index contributed by atoms with van der Waals surface area (Å²) in [6.45, 7) is 4.84. The molecule has 0 aromatic carbocycles. The van der Waals surface area contributed by atoms with Crippen LogP contribution in [0.2, 0.25) is 0 Å². The van der Waals surface area contributed by atoms with Crippen molar-refractivity contribution in [2.24, 2.45) is 0 Å². The van der Waals surface area contributed by atoms with Gasteiger partial charge in [0.15, 0.2) is 0 Å². The van der Waals surface area contributed by atoms with Gasteiger partial charge in [0, 0.05) is 37.9 Å². The molecule has 6 heteroatoms. The highest BCUT2D eigenvalue weighted by Crippen LogP contribution is 2.27. The summed E-state index contributed by atoms with van der Waals surface area (Å²) in [6, 6.07) is 0.0644. The van der Waals surface area contributed by atoms with Crippen molar-refractivity contribution < 1.29 is 4.79 Å². The number of carbonyl (C=O) groups is 1. The number of hydrogen-bond acceptors (Lipinski definition) is 4. The van der Waals surface area contributed by atoms with Gasteiger partial charge < -0.3 is 19.7 Å². The van der Waals surface area contributed by atoms with E-state index >= 15 is 0 Å². The summed E-state index contributed by atoms with van der Waals surface area (Å²) in [6.07, 6.45) is 9.34. The minimum atomic E-state index is 0.0644. The lowest BCUT2D eigenvalue weighted by Crippen LogP contribution is -2.46. The molecule has 2 saturated heterocycles. The lowest BCUT2D eigenvalue weighted by molar-refractivity contribution is -0.134. The Morgan fingerprint density at radius 3 is 2.79 bits per heavy atom. The van der Waals surface area contributed by atoms with E-state index in [4.69, 9.17) is 0 Å². The van der Waals surface area contributed by atoms with Crippen LogP contribution in [0.15, 0.2) is 12.4 Å². The van der Waals surface area contributed by atoms with Gasteiger partial charge in [0.25, 0.3) is 0 Å². The Hall–Kier alpha value is -1.40. The molecule has 1 aromatic rings. The van der Waals surface area contributed by atoms with E-state index in [0.29, 0.717) is 11.8 Å². The molecule has 0 radical (unpaired) electrons. The molecule has 0 bridgehead atoms. The average molecular weight is 333 g/mol. The van der Waals surface area contributed by atoms with Gasteiger partial charge in [-0.1, -0.05) is 0 Å². The third-order valence-corrected chi connectivity index (χ3v) is 5.28. The topological polar surface area (TPSA) is 53.4 Å². The fourth-order valence-corrected chi connectivity index (χ4v) is 3.90. The minimum absolute atomic E-state index is 0.0644. The molecule has 1 amide bonds. The molecule has 2 aliphatic rings. The summed E-state index contributed by atoms with van der Waals surface area (Å²) in [7, 11) is 4.22. The first kappa shape index (κ1) is 17.4. The van der Waals surface area contributed by atoms with Crippen LogP contribution in [0, 0.1) is 0 Å². The zero-order chi connectivity index (χ0) is 16.9. The molecule has 1 atom stereocenters. The smallest absolute Gasteiger partial charge is 0.239 e. The van der Waals surface area contributed by atoms with Gasteiger partial charge in [-0.25, -0.2) is 4.98 Å². The highest BCUT2D eigenvalue weighted by atomic mass is 16.2. The zero-order valence-corrected chi connectivity index (χ0v) is 15.1. The van der Waals surface area contributed by atoms with E-state index in [2.05, 4.69) is 45.0 Å². The number of carbonyl (C=O) groups excluding carboxylic acids is 1. The second-order valence-electron chi connectivity index (χ2n) is 7.38. The third kappa shape index (κ3) is 4.16. The van der Waals surface area contributed by atoms with Gasteiger partial charge in [-0.2, -0.15) is 0 Å². The molecule has 3 rings (SSSR count). The Labute approximate surface area is 145 Å². The van der Waals surface area contributed by atoms with Crippen molar-refractivity contribution >= 4 is 5.91 Å². The van der Waals surface area contributed by atoms with Crippen LogP contribution in [0.1, 0.15) is 43.8 Å². The lowest BCUT2D eigenvalue weighted by atomic mass is 9.95. The van der Waals surface area contributed by atoms with E-state index in [0.717, 1.165) is 64.8 Å². The van der Waals surface area contributed by atoms with Crippen molar-refractivity contribution in [2.75, 3.05) is 40.3 Å². The zero-order valence-electron chi connectivity index (χ0n) is 15.1. The van der Waals surface area contributed by atoms with E-state index in [9.17, 15) is 4.79 Å². The summed E-state index contributed by atoms with van der Waals surface area (Å²) in [5, 5.41) is 3.32. The first-order valence-electron chi connectivity index (χ1n) is 9.33. The van der Waals surface area contributed by atoms with E-state index < -0.39 is 0 Å². The summed E-state index contributed by atoms with van der Waals surface area (Å²) in [5.41, 5.74) is 0. The number of nitrogens with one attached hydrogen (secondary N) is 1. The highest BCUT2D eigenvalue weighted by molar-refractivity contribution is 5.82. The molecule has 1 N–H and O–H groups in total. The third-order valence-electron chi connectivity index (χ3n) is 5.28. The van der Waals surface area contributed by atoms with Crippen LogP contribution in [-0.4, -0.2) is 71.6 Å². The van der Waals surface area contributed by atoms with Crippen LogP contribution in [0.25, 0.3) is 0 Å². The molecular formula is C18H31N5O. The van der Waals surface area contributed by atoms with Crippen LogP contribution < -0.4 is 5.32 Å². The molecule has 2 fully saturated rings. The number of piperidine rings is 1. The number of aromatic nitrogens is 2. The number of amides is 1. The van der Waals surface area contributed by atoms with Crippen LogP contribution in [0.3, 0.4) is 0 Å². The van der Waals surface area contributed by atoms with Gasteiger partial charge in [-0.3, -0.25) is 4.79 Å². The molecular weight excluding hydrogens is 302 g/mol. The number of aryl methyl sites for hydroxylation is 1. The number of imidazole rings is 1. The van der Waals surface area contributed by atoms with Gasteiger partial charge in [0.1, 0.15) is 5.82 Å². The molecule has 24 heavy (non-hydrogen) atoms. The predicted octanol–water partition coefficient (Wildman–Crippen LogP) is 1.29. The van der Waals surface area contributed by atoms with Crippen LogP contribution in [0.5, 0.6) is 0 Å². The number of hydrogen-bond donors (Lipinski definition) is 1. The van der Waals surface area contributed by atoms with E-state index in [1.807, 2.05) is 6.20 Å². The maximum Gasteiger partial charge on any atom is 0.239 e. The van der Waals surface area contributed by atoms with Gasteiger partial charge >= 0.3 is 0 Å². The fourth-order valence-electron chi connectivity index (χ4n) is 3.90. The van der Waals surface area contributed by atoms with E-state index in [1.165, 1.54) is 5.82 Å². The van der Waals surface area contributed by atoms with Gasteiger partial charge in [-0.15, -0.1) is 0 Å². The van der Waals surface area contributed by atoms with Crippen molar-refractivity contribution in [3.05, 3.63) is 18.2 Å². The predicted molar refractivity (Wildman–Crippen MR) is 95.0 cm³/mol. The highest BCUT2D eigenvalue weighted by Gasteiger charge is 2.31. The van der Waals surface area contributed by atoms with Crippen molar-refractivity contribution in [2.45, 2.75) is 50.6 Å². The Kier molecular flexibility index (Phi) is 5.89. The maximum absolute atomic E-state index is 12.5. The quantitative estimate of drug-likeness (QED) is 0.852. The number of nitrogens with zero attached hydrogens (tertiary/aromatic N) is 4. The molecule has 0 spiro atoms. The van der Waals surface area contributed by atoms with E-state index in [1.54, 1.807) is 0 Å². The van der Waals surface area contributed by atoms with Gasteiger partial charge in [0.05, 0.1) is 6.04 Å². The molecule has 3 heterocycles. The summed E-state index contributed by atoms with van der Waals surface area (Å²) in [4.78, 5) is 21.4. The Balaban J connectivity index is 1.51. The summed E-state index contributed by atoms with van der Waals surface area (Å²) >= 11 is 0. The molecule has 6 nitrogen and oxygen atoms in total. The monoisotopic (exact) mass is 333 g/mol. The molecule has 2 aliphatic heterocycles. The average Bonchev–Trinajstić information content (AvgIpc) is 3.26. The van der Waals surface area contributed by atoms with Crippen molar-refractivity contribution in [1.82, 2.24) is 24.7 Å².